The van der Waals surface area contributed by atoms with Gasteiger partial charge < -0.3 is 9.73 Å². The zero-order valence-corrected chi connectivity index (χ0v) is 16.2. The van der Waals surface area contributed by atoms with Crippen molar-refractivity contribution in [2.45, 2.75) is 0 Å². The molecule has 0 aliphatic carbocycles. The molecule has 3 aromatic rings. The SMILES string of the molecule is N#C/C(=C\c1ccc(-c2ccccc2[N+](=O)[O-])o1)C(=O)Nc1cc([N+](=O)[O-])ccc1Cl. The number of hydrogen-bond acceptors (Lipinski definition) is 7. The standard InChI is InChI=1S/C20H11ClN4O6/c21-16-7-5-13(24(27)28)10-17(16)23-20(26)12(11-22)9-14-6-8-19(31-14)15-3-1-2-4-18(15)25(29)30/h1-10H,(H,23,26)/b12-9+. The second kappa shape index (κ2) is 8.89. The fraction of sp³-hybridized carbons (Fsp3) is 0. The summed E-state index contributed by atoms with van der Waals surface area (Å²) in [5.41, 5.74) is -0.625. The Morgan fingerprint density at radius 3 is 2.52 bits per heavy atom. The van der Waals surface area contributed by atoms with Crippen LogP contribution in [0.25, 0.3) is 17.4 Å². The third kappa shape index (κ3) is 4.75. The highest BCUT2D eigenvalue weighted by Gasteiger charge is 2.18. The summed E-state index contributed by atoms with van der Waals surface area (Å²) in [6.45, 7) is 0. The van der Waals surface area contributed by atoms with Crippen LogP contribution in [0.2, 0.25) is 5.02 Å². The number of para-hydroxylation sites is 1. The molecule has 1 amide bonds. The summed E-state index contributed by atoms with van der Waals surface area (Å²) < 4.78 is 5.54. The second-order valence-corrected chi connectivity index (χ2v) is 6.43. The fourth-order valence-corrected chi connectivity index (χ4v) is 2.78. The number of carbonyl (C=O) groups excluding carboxylic acids is 1. The largest absolute Gasteiger partial charge is 0.456 e. The molecule has 0 radical (unpaired) electrons. The first-order valence-corrected chi connectivity index (χ1v) is 8.88. The zero-order chi connectivity index (χ0) is 22.5. The number of carbonyl (C=O) groups is 1. The van der Waals surface area contributed by atoms with Crippen molar-refractivity contribution < 1.29 is 19.1 Å². The summed E-state index contributed by atoms with van der Waals surface area (Å²) in [5, 5.41) is 33.8. The lowest BCUT2D eigenvalue weighted by Crippen LogP contribution is -2.13. The molecule has 0 aliphatic rings. The highest BCUT2D eigenvalue weighted by molar-refractivity contribution is 6.34. The lowest BCUT2D eigenvalue weighted by atomic mass is 10.1. The summed E-state index contributed by atoms with van der Waals surface area (Å²) in [7, 11) is 0. The molecule has 2 aromatic carbocycles. The summed E-state index contributed by atoms with van der Waals surface area (Å²) in [4.78, 5) is 33.3. The van der Waals surface area contributed by atoms with Crippen molar-refractivity contribution in [1.29, 1.82) is 5.26 Å². The van der Waals surface area contributed by atoms with E-state index in [0.29, 0.717) is 0 Å². The number of nitro benzene ring substituents is 2. The van der Waals surface area contributed by atoms with Gasteiger partial charge in [0.2, 0.25) is 0 Å². The fourth-order valence-electron chi connectivity index (χ4n) is 2.62. The van der Waals surface area contributed by atoms with Crippen molar-refractivity contribution in [3.63, 3.8) is 0 Å². The minimum absolute atomic E-state index is 0.0398. The molecule has 10 nitrogen and oxygen atoms in total. The Morgan fingerprint density at radius 1 is 1.10 bits per heavy atom. The number of anilines is 1. The third-order valence-corrected chi connectivity index (χ3v) is 4.38. The van der Waals surface area contributed by atoms with Gasteiger partial charge in [0.15, 0.2) is 0 Å². The van der Waals surface area contributed by atoms with Gasteiger partial charge in [0.1, 0.15) is 23.2 Å². The van der Waals surface area contributed by atoms with Gasteiger partial charge in [-0.3, -0.25) is 25.0 Å². The molecular weight excluding hydrogens is 428 g/mol. The first-order chi connectivity index (χ1) is 14.8. The number of hydrogen-bond donors (Lipinski definition) is 1. The minimum Gasteiger partial charge on any atom is -0.456 e. The Hall–Kier alpha value is -4.49. The van der Waals surface area contributed by atoms with Gasteiger partial charge in [-0.25, -0.2) is 0 Å². The van der Waals surface area contributed by atoms with Crippen LogP contribution in [0.15, 0.2) is 64.6 Å². The number of benzene rings is 2. The molecule has 0 atom stereocenters. The predicted octanol–water partition coefficient (Wildman–Crippen LogP) is 4.96. The van der Waals surface area contributed by atoms with Crippen LogP contribution >= 0.6 is 11.6 Å². The molecule has 1 N–H and O–H groups in total. The maximum atomic E-state index is 12.4. The Balaban J connectivity index is 1.88. The van der Waals surface area contributed by atoms with Crippen molar-refractivity contribution in [1.82, 2.24) is 0 Å². The number of halogens is 1. The molecule has 31 heavy (non-hydrogen) atoms. The van der Waals surface area contributed by atoms with E-state index in [2.05, 4.69) is 5.32 Å². The van der Waals surface area contributed by atoms with Crippen molar-refractivity contribution in [3.05, 3.63) is 91.2 Å². The van der Waals surface area contributed by atoms with Crippen LogP contribution in [-0.2, 0) is 4.79 Å². The molecule has 1 aromatic heterocycles. The Morgan fingerprint density at radius 2 is 1.84 bits per heavy atom. The van der Waals surface area contributed by atoms with Gasteiger partial charge in [0.25, 0.3) is 17.3 Å². The number of nitrogens with one attached hydrogen (secondary N) is 1. The van der Waals surface area contributed by atoms with E-state index in [1.54, 1.807) is 12.1 Å². The molecule has 0 unspecified atom stereocenters. The normalized spacial score (nSPS) is 10.9. The lowest BCUT2D eigenvalue weighted by molar-refractivity contribution is -0.384. The number of non-ortho nitro benzene ring substituents is 1. The maximum Gasteiger partial charge on any atom is 0.280 e. The van der Waals surface area contributed by atoms with E-state index >= 15 is 0 Å². The molecule has 3 rings (SSSR count). The summed E-state index contributed by atoms with van der Waals surface area (Å²) in [6.07, 6.45) is 1.14. The molecule has 0 aliphatic heterocycles. The van der Waals surface area contributed by atoms with E-state index in [4.69, 9.17) is 16.0 Å². The van der Waals surface area contributed by atoms with Crippen LogP contribution in [-0.4, -0.2) is 15.8 Å². The zero-order valence-electron chi connectivity index (χ0n) is 15.4. The topological polar surface area (TPSA) is 152 Å². The molecule has 0 spiro atoms. The van der Waals surface area contributed by atoms with Crippen LogP contribution in [0.3, 0.4) is 0 Å². The van der Waals surface area contributed by atoms with Crippen molar-refractivity contribution in [3.8, 4) is 17.4 Å². The Bertz CT molecular complexity index is 1270. The predicted molar refractivity (Wildman–Crippen MR) is 111 cm³/mol. The summed E-state index contributed by atoms with van der Waals surface area (Å²) in [6, 6.07) is 14.1. The Labute approximate surface area is 179 Å². The molecule has 0 saturated heterocycles. The van der Waals surface area contributed by atoms with Crippen molar-refractivity contribution >= 4 is 40.6 Å². The number of nitro groups is 2. The summed E-state index contributed by atoms with van der Waals surface area (Å²) in [5.74, 6) is -0.587. The molecule has 1 heterocycles. The molecule has 0 saturated carbocycles. The van der Waals surface area contributed by atoms with Gasteiger partial charge in [-0.05, 0) is 24.3 Å². The number of nitrogens with zero attached hydrogens (tertiary/aromatic N) is 3. The van der Waals surface area contributed by atoms with E-state index < -0.39 is 15.8 Å². The third-order valence-electron chi connectivity index (χ3n) is 4.05. The van der Waals surface area contributed by atoms with Crippen molar-refractivity contribution in [2.24, 2.45) is 0 Å². The Kier molecular flexibility index (Phi) is 6.09. The highest BCUT2D eigenvalue weighted by Crippen LogP contribution is 2.31. The maximum absolute atomic E-state index is 12.4. The van der Waals surface area contributed by atoms with Gasteiger partial charge in [-0.2, -0.15) is 5.26 Å². The van der Waals surface area contributed by atoms with Crippen LogP contribution < -0.4 is 5.32 Å². The number of furan rings is 1. The monoisotopic (exact) mass is 438 g/mol. The molecule has 11 heteroatoms. The van der Waals surface area contributed by atoms with Crippen LogP contribution in [0.5, 0.6) is 0 Å². The first-order valence-electron chi connectivity index (χ1n) is 8.51. The van der Waals surface area contributed by atoms with E-state index in [-0.39, 0.29) is 44.7 Å². The lowest BCUT2D eigenvalue weighted by Gasteiger charge is -2.06. The highest BCUT2D eigenvalue weighted by atomic mass is 35.5. The van der Waals surface area contributed by atoms with E-state index in [1.807, 2.05) is 0 Å². The summed E-state index contributed by atoms with van der Waals surface area (Å²) >= 11 is 5.95. The number of nitriles is 1. The van der Waals surface area contributed by atoms with Crippen LogP contribution in [0, 0.1) is 31.6 Å². The van der Waals surface area contributed by atoms with Gasteiger partial charge in [-0.15, -0.1) is 0 Å². The van der Waals surface area contributed by atoms with E-state index in [0.717, 1.165) is 12.1 Å². The number of amides is 1. The smallest absolute Gasteiger partial charge is 0.280 e. The average Bonchev–Trinajstić information content (AvgIpc) is 3.21. The number of rotatable bonds is 6. The quantitative estimate of drug-likeness (QED) is 0.247. The molecular formula is C20H11ClN4O6. The second-order valence-electron chi connectivity index (χ2n) is 6.02. The van der Waals surface area contributed by atoms with E-state index in [9.17, 15) is 30.3 Å². The van der Waals surface area contributed by atoms with Gasteiger partial charge in [0, 0.05) is 24.3 Å². The molecule has 154 valence electrons. The molecule has 0 bridgehead atoms. The van der Waals surface area contributed by atoms with Crippen LogP contribution in [0.4, 0.5) is 17.1 Å². The van der Waals surface area contributed by atoms with Crippen LogP contribution in [0.1, 0.15) is 5.76 Å². The van der Waals surface area contributed by atoms with E-state index in [1.165, 1.54) is 42.5 Å². The van der Waals surface area contributed by atoms with Gasteiger partial charge in [-0.1, -0.05) is 23.7 Å². The minimum atomic E-state index is -0.867. The molecule has 0 fully saturated rings. The average molecular weight is 439 g/mol. The first kappa shape index (κ1) is 21.2. The van der Waals surface area contributed by atoms with Gasteiger partial charge >= 0.3 is 0 Å². The van der Waals surface area contributed by atoms with Gasteiger partial charge in [0.05, 0.1) is 26.1 Å². The van der Waals surface area contributed by atoms with Crippen molar-refractivity contribution in [2.75, 3.05) is 5.32 Å².